The number of benzene rings is 9. The number of hydrogen-bond donors (Lipinski definition) is 0. The summed E-state index contributed by atoms with van der Waals surface area (Å²) in [4.78, 5) is 16.6. The number of nitrogens with zero attached hydrogens (tertiary/aromatic N) is 6. The Morgan fingerprint density at radius 3 is 1.06 bits per heavy atom. The second kappa shape index (κ2) is 14.0. The summed E-state index contributed by atoms with van der Waals surface area (Å²) in [6.45, 7) is 0. The Morgan fingerprint density at radius 2 is 0.603 bits per heavy atom. The summed E-state index contributed by atoms with van der Waals surface area (Å²) in [5, 5.41) is 7.00. The van der Waals surface area contributed by atoms with Gasteiger partial charge < -0.3 is 9.13 Å². The van der Waals surface area contributed by atoms with Crippen LogP contribution in [0.2, 0.25) is 0 Å². The van der Waals surface area contributed by atoms with Crippen LogP contribution in [0, 0.1) is 0 Å². The van der Waals surface area contributed by atoms with E-state index < -0.39 is 0 Å². The zero-order valence-electron chi connectivity index (χ0n) is 34.0. The molecule has 0 amide bonds. The molecule has 0 bridgehead atoms. The third-order valence-electron chi connectivity index (χ3n) is 12.5. The molecule has 0 saturated carbocycles. The maximum Gasteiger partial charge on any atom is 0.238 e. The second-order valence-corrected chi connectivity index (χ2v) is 16.0. The molecule has 0 aliphatic carbocycles. The van der Waals surface area contributed by atoms with Gasteiger partial charge in [-0.05, 0) is 65.7 Å². The monoisotopic (exact) mass is 804 g/mol. The van der Waals surface area contributed by atoms with Crippen LogP contribution < -0.4 is 0 Å². The van der Waals surface area contributed by atoms with E-state index in [0.717, 1.165) is 77.5 Å². The minimum absolute atomic E-state index is 0.544. The van der Waals surface area contributed by atoms with Crippen molar-refractivity contribution < 1.29 is 0 Å². The predicted molar refractivity (Wildman–Crippen MR) is 259 cm³/mol. The number of hydrogen-bond acceptors (Lipinski definition) is 3. The quantitative estimate of drug-likeness (QED) is 0.168. The van der Waals surface area contributed by atoms with Crippen LogP contribution in [0.1, 0.15) is 0 Å². The lowest BCUT2D eigenvalue weighted by Gasteiger charge is -2.20. The second-order valence-electron chi connectivity index (χ2n) is 16.0. The van der Waals surface area contributed by atoms with Crippen molar-refractivity contribution in [1.82, 2.24) is 28.7 Å². The topological polar surface area (TPSA) is 53.5 Å². The van der Waals surface area contributed by atoms with Gasteiger partial charge in [-0.3, -0.25) is 4.57 Å². The maximum absolute atomic E-state index is 5.63. The lowest BCUT2D eigenvalue weighted by atomic mass is 10.0. The number of rotatable bonds is 6. The first kappa shape index (κ1) is 35.2. The largest absolute Gasteiger partial charge is 0.308 e. The fourth-order valence-corrected chi connectivity index (χ4v) is 9.81. The molecule has 0 aliphatic heterocycles. The first-order valence-electron chi connectivity index (χ1n) is 21.3. The van der Waals surface area contributed by atoms with E-state index in [9.17, 15) is 0 Å². The Labute approximate surface area is 362 Å². The molecule has 0 fully saturated rings. The normalized spacial score (nSPS) is 11.8. The van der Waals surface area contributed by atoms with Gasteiger partial charge in [0.15, 0.2) is 11.6 Å². The van der Waals surface area contributed by atoms with Gasteiger partial charge in [0.25, 0.3) is 0 Å². The van der Waals surface area contributed by atoms with Gasteiger partial charge in [0, 0.05) is 37.9 Å². The van der Waals surface area contributed by atoms with Gasteiger partial charge in [0.2, 0.25) is 5.95 Å². The van der Waals surface area contributed by atoms with Crippen LogP contribution in [0.15, 0.2) is 218 Å². The minimum atomic E-state index is 0.544. The number of fused-ring (bicyclic) bond motifs is 9. The highest BCUT2D eigenvalue weighted by Gasteiger charge is 2.25. The molecule has 4 heterocycles. The van der Waals surface area contributed by atoms with Crippen molar-refractivity contribution in [2.45, 2.75) is 0 Å². The van der Waals surface area contributed by atoms with Gasteiger partial charge in [0.1, 0.15) is 0 Å². The molecule has 0 aliphatic rings. The van der Waals surface area contributed by atoms with Crippen molar-refractivity contribution in [2.75, 3.05) is 0 Å². The van der Waals surface area contributed by atoms with Gasteiger partial charge in [-0.15, -0.1) is 0 Å². The summed E-state index contributed by atoms with van der Waals surface area (Å²) < 4.78 is 6.97. The number of para-hydroxylation sites is 6. The molecule has 0 atom stereocenters. The fourth-order valence-electron chi connectivity index (χ4n) is 9.81. The summed E-state index contributed by atoms with van der Waals surface area (Å²) in [5.74, 6) is 1.69. The zero-order chi connectivity index (χ0) is 41.4. The third kappa shape index (κ3) is 5.41. The van der Waals surface area contributed by atoms with Gasteiger partial charge >= 0.3 is 0 Å². The van der Waals surface area contributed by atoms with E-state index in [1.807, 2.05) is 6.07 Å². The van der Waals surface area contributed by atoms with Crippen molar-refractivity contribution in [3.63, 3.8) is 0 Å². The van der Waals surface area contributed by atoms with Crippen molar-refractivity contribution in [2.24, 2.45) is 0 Å². The smallest absolute Gasteiger partial charge is 0.238 e. The standard InChI is InChI=1S/C57H36N6/c1-2-18-37(19-3-1)38-20-16-21-39(36-38)55-58-56(60-57(59-55)63-50-32-14-8-26-44(50)45-27-9-15-33-51(45)63)54-52(61-46-28-10-4-22-40(46)41-23-5-11-29-47(41)61)34-17-35-53(54)62-48-30-12-6-24-42(48)43-25-7-13-31-49(43)62/h1-36H. The summed E-state index contributed by atoms with van der Waals surface area (Å²) in [7, 11) is 0. The molecule has 0 unspecified atom stereocenters. The van der Waals surface area contributed by atoms with E-state index in [2.05, 4.69) is 226 Å². The Bertz CT molecular complexity index is 3640. The van der Waals surface area contributed by atoms with Crippen LogP contribution in [0.4, 0.5) is 0 Å². The number of aromatic nitrogens is 6. The lowest BCUT2D eigenvalue weighted by Crippen LogP contribution is -2.10. The molecule has 0 radical (unpaired) electrons. The molecule has 294 valence electrons. The SMILES string of the molecule is c1ccc(-c2cccc(-c3nc(-c4c(-n5c6ccccc6c6ccccc65)cccc4-n4c5ccccc5c5ccccc54)nc(-n4c5ccccc5c5ccccc54)n3)c2)cc1. The van der Waals surface area contributed by atoms with Crippen LogP contribution in [-0.2, 0) is 0 Å². The first-order valence-corrected chi connectivity index (χ1v) is 21.3. The molecular formula is C57H36N6. The first-order chi connectivity index (χ1) is 31.3. The van der Waals surface area contributed by atoms with Crippen molar-refractivity contribution in [1.29, 1.82) is 0 Å². The highest BCUT2D eigenvalue weighted by molar-refractivity contribution is 6.12. The molecule has 0 spiro atoms. The summed E-state index contributed by atoms with van der Waals surface area (Å²) in [6.07, 6.45) is 0. The Hall–Kier alpha value is -8.61. The van der Waals surface area contributed by atoms with E-state index in [1.165, 1.54) is 21.5 Å². The van der Waals surface area contributed by atoms with E-state index in [4.69, 9.17) is 15.0 Å². The van der Waals surface area contributed by atoms with Crippen molar-refractivity contribution in [3.05, 3.63) is 218 Å². The van der Waals surface area contributed by atoms with Crippen molar-refractivity contribution in [3.8, 4) is 51.2 Å². The van der Waals surface area contributed by atoms with Crippen LogP contribution in [-0.4, -0.2) is 28.7 Å². The van der Waals surface area contributed by atoms with Crippen LogP contribution in [0.5, 0.6) is 0 Å². The van der Waals surface area contributed by atoms with E-state index >= 15 is 0 Å². The van der Waals surface area contributed by atoms with E-state index in [1.54, 1.807) is 0 Å². The maximum atomic E-state index is 5.63. The average molecular weight is 805 g/mol. The lowest BCUT2D eigenvalue weighted by molar-refractivity contribution is 0.949. The van der Waals surface area contributed by atoms with E-state index in [-0.39, 0.29) is 0 Å². The molecule has 13 rings (SSSR count). The molecule has 0 saturated heterocycles. The minimum Gasteiger partial charge on any atom is -0.308 e. The summed E-state index contributed by atoms with van der Waals surface area (Å²) in [5.41, 5.74) is 12.4. The Kier molecular flexibility index (Phi) is 7.80. The molecule has 4 aromatic heterocycles. The van der Waals surface area contributed by atoms with Crippen molar-refractivity contribution >= 4 is 65.4 Å². The predicted octanol–water partition coefficient (Wildman–Crippen LogP) is 14.2. The van der Waals surface area contributed by atoms with Gasteiger partial charge in [0.05, 0.1) is 50.0 Å². The summed E-state index contributed by atoms with van der Waals surface area (Å²) >= 11 is 0. The average Bonchev–Trinajstić information content (AvgIpc) is 4.00. The molecule has 6 heteroatoms. The molecule has 6 nitrogen and oxygen atoms in total. The Balaban J connectivity index is 1.19. The van der Waals surface area contributed by atoms with Gasteiger partial charge in [-0.1, -0.05) is 164 Å². The highest BCUT2D eigenvalue weighted by atomic mass is 15.2. The summed E-state index contributed by atoms with van der Waals surface area (Å²) in [6, 6.07) is 77.3. The molecule has 13 aromatic rings. The van der Waals surface area contributed by atoms with Gasteiger partial charge in [-0.2, -0.15) is 9.97 Å². The third-order valence-corrected chi connectivity index (χ3v) is 12.5. The van der Waals surface area contributed by atoms with Crippen LogP contribution in [0.25, 0.3) is 117 Å². The van der Waals surface area contributed by atoms with E-state index in [0.29, 0.717) is 17.6 Å². The fraction of sp³-hybridized carbons (Fsp3) is 0. The van der Waals surface area contributed by atoms with Crippen LogP contribution in [0.3, 0.4) is 0 Å². The van der Waals surface area contributed by atoms with Crippen LogP contribution >= 0.6 is 0 Å². The molecule has 9 aromatic carbocycles. The highest BCUT2D eigenvalue weighted by Crippen LogP contribution is 2.42. The van der Waals surface area contributed by atoms with Gasteiger partial charge in [-0.25, -0.2) is 4.98 Å². The molecule has 0 N–H and O–H groups in total. The zero-order valence-corrected chi connectivity index (χ0v) is 34.0. The molecule has 63 heavy (non-hydrogen) atoms. The Morgan fingerprint density at radius 1 is 0.254 bits per heavy atom. The molecular weight excluding hydrogens is 769 g/mol.